The van der Waals surface area contributed by atoms with Crippen molar-refractivity contribution in [3.05, 3.63) is 0 Å². The van der Waals surface area contributed by atoms with Crippen LogP contribution in [0.3, 0.4) is 0 Å². The summed E-state index contributed by atoms with van der Waals surface area (Å²) in [4.78, 5) is 0. The van der Waals surface area contributed by atoms with Crippen molar-refractivity contribution in [1.29, 1.82) is 0 Å². The zero-order chi connectivity index (χ0) is 9.83. The third kappa shape index (κ3) is 6.79. The van der Waals surface area contributed by atoms with Gasteiger partial charge in [0.15, 0.2) is 0 Å². The van der Waals surface area contributed by atoms with Gasteiger partial charge in [0, 0.05) is 11.3 Å². The van der Waals surface area contributed by atoms with Crippen LogP contribution in [0.15, 0.2) is 0 Å². The quantitative estimate of drug-likeness (QED) is 0.756. The Morgan fingerprint density at radius 2 is 1.83 bits per heavy atom. The Hall–Kier alpha value is 0.100. The molecule has 0 bridgehead atoms. The van der Waals surface area contributed by atoms with Gasteiger partial charge in [0.25, 0.3) is 0 Å². The first-order chi connectivity index (χ1) is 5.27. The molecule has 0 radical (unpaired) electrons. The molecule has 1 unspecified atom stereocenters. The molecule has 0 aliphatic carbocycles. The van der Waals surface area contributed by atoms with Gasteiger partial charge in [0.05, 0.1) is 0 Å². The minimum atomic E-state index is -4.12. The summed E-state index contributed by atoms with van der Waals surface area (Å²) in [5, 5.41) is 0. The molecule has 0 saturated heterocycles. The van der Waals surface area contributed by atoms with Gasteiger partial charge in [-0.2, -0.15) is 13.2 Å². The maximum absolute atomic E-state index is 11.7. The highest BCUT2D eigenvalue weighted by Crippen LogP contribution is 2.31. The molecular weight excluding hydrogens is 187 g/mol. The van der Waals surface area contributed by atoms with Gasteiger partial charge >= 0.3 is 5.51 Å². The fourth-order valence-electron chi connectivity index (χ4n) is 0.577. The van der Waals surface area contributed by atoms with Crippen LogP contribution < -0.4 is 5.73 Å². The van der Waals surface area contributed by atoms with E-state index in [0.717, 1.165) is 0 Å². The van der Waals surface area contributed by atoms with E-state index in [1.54, 1.807) is 6.92 Å². The SMILES string of the molecule is CCC(C)(N)CCSC(F)(F)F. The standard InChI is InChI=1S/C7H14F3NS/c1-3-6(2,11)4-5-12-7(8,9)10/h3-5,11H2,1-2H3. The number of rotatable bonds is 4. The summed E-state index contributed by atoms with van der Waals surface area (Å²) in [6.45, 7) is 3.64. The average Bonchev–Trinajstić information content (AvgIpc) is 1.84. The maximum Gasteiger partial charge on any atom is 0.441 e. The van der Waals surface area contributed by atoms with Gasteiger partial charge < -0.3 is 5.73 Å². The van der Waals surface area contributed by atoms with Crippen LogP contribution in [0.4, 0.5) is 13.2 Å². The zero-order valence-corrected chi connectivity index (χ0v) is 8.06. The minimum Gasteiger partial charge on any atom is -0.325 e. The lowest BCUT2D eigenvalue weighted by atomic mass is 9.98. The third-order valence-corrected chi connectivity index (χ3v) is 2.48. The van der Waals surface area contributed by atoms with E-state index in [1.165, 1.54) is 0 Å². The Bertz CT molecular complexity index is 133. The average molecular weight is 201 g/mol. The van der Waals surface area contributed by atoms with Crippen LogP contribution in [0.1, 0.15) is 26.7 Å². The third-order valence-electron chi connectivity index (χ3n) is 1.75. The maximum atomic E-state index is 11.7. The molecule has 0 spiro atoms. The number of nitrogens with two attached hydrogens (primary N) is 1. The van der Waals surface area contributed by atoms with E-state index in [4.69, 9.17) is 5.73 Å². The van der Waals surface area contributed by atoms with Crippen molar-refractivity contribution >= 4 is 11.8 Å². The van der Waals surface area contributed by atoms with Crippen LogP contribution >= 0.6 is 11.8 Å². The normalized spacial score (nSPS) is 17.5. The van der Waals surface area contributed by atoms with Crippen molar-refractivity contribution in [2.75, 3.05) is 5.75 Å². The predicted octanol–water partition coefficient (Wildman–Crippen LogP) is 2.76. The van der Waals surface area contributed by atoms with Crippen LogP contribution in [-0.4, -0.2) is 16.8 Å². The van der Waals surface area contributed by atoms with E-state index in [9.17, 15) is 13.2 Å². The Morgan fingerprint density at radius 1 is 1.33 bits per heavy atom. The van der Waals surface area contributed by atoms with E-state index >= 15 is 0 Å². The Kier molecular flexibility index (Phi) is 4.40. The highest BCUT2D eigenvalue weighted by atomic mass is 32.2. The Morgan fingerprint density at radius 3 is 2.17 bits per heavy atom. The smallest absolute Gasteiger partial charge is 0.325 e. The summed E-state index contributed by atoms with van der Waals surface area (Å²) in [7, 11) is 0. The fourth-order valence-corrected chi connectivity index (χ4v) is 1.38. The largest absolute Gasteiger partial charge is 0.441 e. The lowest BCUT2D eigenvalue weighted by Gasteiger charge is -2.22. The molecule has 0 aromatic carbocycles. The number of alkyl halides is 3. The lowest BCUT2D eigenvalue weighted by molar-refractivity contribution is -0.0328. The van der Waals surface area contributed by atoms with Gasteiger partial charge in [-0.25, -0.2) is 0 Å². The van der Waals surface area contributed by atoms with E-state index in [-0.39, 0.29) is 17.5 Å². The molecule has 74 valence electrons. The van der Waals surface area contributed by atoms with Gasteiger partial charge in [-0.15, -0.1) is 0 Å². The Balaban J connectivity index is 3.57. The molecular formula is C7H14F3NS. The molecule has 0 rings (SSSR count). The second-order valence-corrected chi connectivity index (χ2v) is 4.21. The van der Waals surface area contributed by atoms with Crippen LogP contribution in [0.5, 0.6) is 0 Å². The van der Waals surface area contributed by atoms with E-state index in [2.05, 4.69) is 0 Å². The van der Waals surface area contributed by atoms with Gasteiger partial charge in [-0.1, -0.05) is 18.7 Å². The summed E-state index contributed by atoms with van der Waals surface area (Å²) in [5.41, 5.74) is 1.08. The first-order valence-corrected chi connectivity index (χ1v) is 4.75. The van der Waals surface area contributed by atoms with Gasteiger partial charge in [-0.3, -0.25) is 0 Å². The molecule has 12 heavy (non-hydrogen) atoms. The van der Waals surface area contributed by atoms with Crippen molar-refractivity contribution in [3.8, 4) is 0 Å². The van der Waals surface area contributed by atoms with Crippen LogP contribution in [0.25, 0.3) is 0 Å². The molecule has 0 aromatic heterocycles. The number of thioether (sulfide) groups is 1. The zero-order valence-electron chi connectivity index (χ0n) is 7.24. The van der Waals surface area contributed by atoms with Crippen molar-refractivity contribution < 1.29 is 13.2 Å². The Labute approximate surface area is 74.9 Å². The van der Waals surface area contributed by atoms with Gasteiger partial charge in [-0.05, 0) is 19.8 Å². The molecule has 0 aliphatic heterocycles. The lowest BCUT2D eigenvalue weighted by Crippen LogP contribution is -2.35. The van der Waals surface area contributed by atoms with Crippen LogP contribution in [0, 0.1) is 0 Å². The predicted molar refractivity (Wildman–Crippen MR) is 46.0 cm³/mol. The summed E-state index contributed by atoms with van der Waals surface area (Å²) in [5.74, 6) is 0.0460. The first-order valence-electron chi connectivity index (χ1n) is 3.76. The summed E-state index contributed by atoms with van der Waals surface area (Å²) < 4.78 is 35.0. The molecule has 5 heteroatoms. The molecule has 0 aromatic rings. The number of halogens is 3. The van der Waals surface area contributed by atoms with E-state index in [1.807, 2.05) is 6.92 Å². The molecule has 0 saturated carbocycles. The number of hydrogen-bond donors (Lipinski definition) is 1. The van der Waals surface area contributed by atoms with Crippen molar-refractivity contribution in [3.63, 3.8) is 0 Å². The summed E-state index contributed by atoms with van der Waals surface area (Å²) in [6.07, 6.45) is 1.10. The summed E-state index contributed by atoms with van der Waals surface area (Å²) in [6, 6.07) is 0. The number of hydrogen-bond acceptors (Lipinski definition) is 2. The van der Waals surface area contributed by atoms with E-state index < -0.39 is 11.0 Å². The van der Waals surface area contributed by atoms with Crippen LogP contribution in [-0.2, 0) is 0 Å². The fraction of sp³-hybridized carbons (Fsp3) is 1.00. The molecule has 0 aliphatic rings. The topological polar surface area (TPSA) is 26.0 Å². The monoisotopic (exact) mass is 201 g/mol. The molecule has 0 amide bonds. The van der Waals surface area contributed by atoms with E-state index in [0.29, 0.717) is 12.8 Å². The van der Waals surface area contributed by atoms with Gasteiger partial charge in [0.1, 0.15) is 0 Å². The second-order valence-electron chi connectivity index (χ2n) is 3.05. The highest BCUT2D eigenvalue weighted by molar-refractivity contribution is 8.00. The molecule has 2 N–H and O–H groups in total. The van der Waals surface area contributed by atoms with Gasteiger partial charge in [0.2, 0.25) is 0 Å². The van der Waals surface area contributed by atoms with Crippen LogP contribution in [0.2, 0.25) is 0 Å². The molecule has 1 nitrogen and oxygen atoms in total. The van der Waals surface area contributed by atoms with Crippen molar-refractivity contribution in [2.45, 2.75) is 37.7 Å². The minimum absolute atomic E-state index is 0.00419. The highest BCUT2D eigenvalue weighted by Gasteiger charge is 2.28. The van der Waals surface area contributed by atoms with Crippen molar-refractivity contribution in [1.82, 2.24) is 0 Å². The van der Waals surface area contributed by atoms with Crippen molar-refractivity contribution in [2.24, 2.45) is 5.73 Å². The first kappa shape index (κ1) is 12.1. The molecule has 0 fully saturated rings. The molecule has 1 atom stereocenters. The summed E-state index contributed by atoms with van der Waals surface area (Å²) >= 11 is -0.00419. The second kappa shape index (κ2) is 4.37. The molecule has 0 heterocycles.